The van der Waals surface area contributed by atoms with Crippen LogP contribution in [0.15, 0.2) is 0 Å². The molecule has 1 aromatic heterocycles. The first kappa shape index (κ1) is 18.9. The maximum absolute atomic E-state index is 12.8. The van der Waals surface area contributed by atoms with E-state index in [4.69, 9.17) is 4.74 Å². The van der Waals surface area contributed by atoms with Gasteiger partial charge in [-0.1, -0.05) is 19.8 Å². The van der Waals surface area contributed by atoms with Gasteiger partial charge in [-0.3, -0.25) is 4.79 Å². The molecule has 1 aromatic rings. The summed E-state index contributed by atoms with van der Waals surface area (Å²) in [6.45, 7) is 2.27. The molecule has 7 heteroatoms. The van der Waals surface area contributed by atoms with Crippen molar-refractivity contribution < 1.29 is 24.2 Å². The van der Waals surface area contributed by atoms with Gasteiger partial charge in [0.1, 0.15) is 5.00 Å². The van der Waals surface area contributed by atoms with Crippen molar-refractivity contribution in [2.24, 2.45) is 11.8 Å². The molecule has 0 saturated heterocycles. The van der Waals surface area contributed by atoms with Crippen LogP contribution in [0.1, 0.15) is 66.2 Å². The second kappa shape index (κ2) is 8.20. The number of rotatable bonds is 6. The lowest BCUT2D eigenvalue weighted by Gasteiger charge is -2.31. The highest BCUT2D eigenvalue weighted by Crippen LogP contribution is 2.40. The fraction of sp³-hybridized carbons (Fsp3) is 0.632. The second-order valence-corrected chi connectivity index (χ2v) is 8.11. The number of esters is 1. The minimum atomic E-state index is -1.17. The van der Waals surface area contributed by atoms with Crippen LogP contribution in [0.25, 0.3) is 0 Å². The average molecular weight is 378 g/mol. The smallest absolute Gasteiger partial charge is 0.341 e. The fourth-order valence-electron chi connectivity index (χ4n) is 3.91. The zero-order valence-electron chi connectivity index (χ0n) is 15.0. The van der Waals surface area contributed by atoms with Crippen molar-refractivity contribution in [3.8, 4) is 0 Å². The fourth-order valence-corrected chi connectivity index (χ4v) is 5.19. The molecule has 0 spiro atoms. The van der Waals surface area contributed by atoms with Gasteiger partial charge in [0, 0.05) is 22.7 Å². The summed E-state index contributed by atoms with van der Waals surface area (Å²) in [5.41, 5.74) is 1.44. The number of fused-ring (bicyclic) bond motifs is 1. The van der Waals surface area contributed by atoms with Crippen molar-refractivity contribution in [2.75, 3.05) is 11.9 Å². The Balaban J connectivity index is 1.82. The molecule has 1 fully saturated rings. The van der Waals surface area contributed by atoms with Crippen LogP contribution < -0.4 is 10.4 Å². The third kappa shape index (κ3) is 3.77. The number of ether oxygens (including phenoxy) is 1. The van der Waals surface area contributed by atoms with Gasteiger partial charge < -0.3 is 20.0 Å². The van der Waals surface area contributed by atoms with E-state index in [1.807, 2.05) is 6.92 Å². The molecule has 0 aliphatic heterocycles. The molecule has 3 rings (SSSR count). The van der Waals surface area contributed by atoms with E-state index >= 15 is 0 Å². The summed E-state index contributed by atoms with van der Waals surface area (Å²) in [4.78, 5) is 37.7. The van der Waals surface area contributed by atoms with Gasteiger partial charge in [-0.25, -0.2) is 4.79 Å². The van der Waals surface area contributed by atoms with Gasteiger partial charge in [0.2, 0.25) is 5.91 Å². The molecule has 2 atom stereocenters. The molecule has 2 aliphatic rings. The number of aryl methyl sites for hydroxylation is 1. The van der Waals surface area contributed by atoms with Gasteiger partial charge in [0.05, 0.1) is 12.2 Å². The minimum Gasteiger partial charge on any atom is -0.550 e. The first-order valence-electron chi connectivity index (χ1n) is 9.36. The highest BCUT2D eigenvalue weighted by atomic mass is 32.1. The predicted molar refractivity (Wildman–Crippen MR) is 96.0 cm³/mol. The largest absolute Gasteiger partial charge is 0.550 e. The summed E-state index contributed by atoms with van der Waals surface area (Å²) in [5.74, 6) is -3.26. The molecule has 1 N–H and O–H groups in total. The lowest BCUT2D eigenvalue weighted by Crippen LogP contribution is -2.42. The summed E-state index contributed by atoms with van der Waals surface area (Å²) in [6.07, 6.45) is 6.06. The van der Waals surface area contributed by atoms with E-state index in [9.17, 15) is 19.5 Å². The van der Waals surface area contributed by atoms with E-state index in [0.29, 0.717) is 30.0 Å². The standard InChI is InChI=1S/C19H25NO5S/c1-2-10-25-19(24)15-13-8-5-9-14(13)26-17(15)20-16(21)11-6-3-4-7-12(11)18(22)23/h11-12H,2-10H2,1H3,(H,20,21)(H,22,23)/p-1/t11-,12+/m1/s1. The predicted octanol–water partition coefficient (Wildman–Crippen LogP) is 2.30. The number of anilines is 1. The van der Waals surface area contributed by atoms with Crippen LogP contribution >= 0.6 is 11.3 Å². The first-order valence-corrected chi connectivity index (χ1v) is 10.2. The Morgan fingerprint density at radius 1 is 1.15 bits per heavy atom. The topological polar surface area (TPSA) is 95.5 Å². The molecule has 6 nitrogen and oxygen atoms in total. The Bertz CT molecular complexity index is 711. The quantitative estimate of drug-likeness (QED) is 0.766. The van der Waals surface area contributed by atoms with Crippen molar-refractivity contribution in [1.29, 1.82) is 0 Å². The van der Waals surface area contributed by atoms with Crippen molar-refractivity contribution in [3.05, 3.63) is 16.0 Å². The number of amides is 1. The Labute approximate surface area is 156 Å². The monoisotopic (exact) mass is 378 g/mol. The summed E-state index contributed by atoms with van der Waals surface area (Å²) < 4.78 is 5.30. The van der Waals surface area contributed by atoms with Gasteiger partial charge >= 0.3 is 5.97 Å². The highest BCUT2D eigenvalue weighted by molar-refractivity contribution is 7.17. The number of nitrogens with one attached hydrogen (secondary N) is 1. The van der Waals surface area contributed by atoms with E-state index < -0.39 is 23.8 Å². The molecule has 0 unspecified atom stereocenters. The molecule has 26 heavy (non-hydrogen) atoms. The van der Waals surface area contributed by atoms with Crippen LogP contribution in [0.3, 0.4) is 0 Å². The molecule has 2 aliphatic carbocycles. The normalized spacial score (nSPS) is 21.9. The van der Waals surface area contributed by atoms with Gasteiger partial charge in [0.15, 0.2) is 0 Å². The maximum atomic E-state index is 12.8. The van der Waals surface area contributed by atoms with Crippen molar-refractivity contribution in [1.82, 2.24) is 0 Å². The van der Waals surface area contributed by atoms with E-state index in [0.717, 1.165) is 49.0 Å². The van der Waals surface area contributed by atoms with E-state index in [1.165, 1.54) is 11.3 Å². The lowest BCUT2D eigenvalue weighted by molar-refractivity contribution is -0.313. The first-order chi connectivity index (χ1) is 12.5. The molecule has 1 heterocycles. The SMILES string of the molecule is CCCOC(=O)c1c(NC(=O)[C@@H]2CCCC[C@@H]2C(=O)[O-])sc2c1CCC2. The van der Waals surface area contributed by atoms with Gasteiger partial charge in [0.25, 0.3) is 0 Å². The Hall–Kier alpha value is -1.89. The number of aliphatic carboxylic acids is 1. The number of carboxylic acids is 1. The number of thiophene rings is 1. The van der Waals surface area contributed by atoms with Gasteiger partial charge in [-0.2, -0.15) is 0 Å². The summed E-state index contributed by atoms with van der Waals surface area (Å²) >= 11 is 1.42. The van der Waals surface area contributed by atoms with E-state index in [2.05, 4.69) is 5.32 Å². The number of carboxylic acid groups (broad SMARTS) is 1. The molecular formula is C19H24NO5S-. The Morgan fingerprint density at radius 2 is 1.88 bits per heavy atom. The lowest BCUT2D eigenvalue weighted by atomic mass is 9.79. The third-order valence-electron chi connectivity index (χ3n) is 5.20. The number of carbonyl (C=O) groups is 3. The average Bonchev–Trinajstić information content (AvgIpc) is 3.20. The molecule has 1 saturated carbocycles. The summed E-state index contributed by atoms with van der Waals surface area (Å²) in [6, 6.07) is 0. The second-order valence-electron chi connectivity index (χ2n) is 7.00. The molecule has 142 valence electrons. The van der Waals surface area contributed by atoms with Crippen LogP contribution in [-0.2, 0) is 27.2 Å². The van der Waals surface area contributed by atoms with Gasteiger partial charge in [-0.15, -0.1) is 11.3 Å². The zero-order chi connectivity index (χ0) is 18.7. The van der Waals surface area contributed by atoms with Crippen LogP contribution in [0.5, 0.6) is 0 Å². The summed E-state index contributed by atoms with van der Waals surface area (Å²) in [7, 11) is 0. The molecule has 1 amide bonds. The van der Waals surface area contributed by atoms with E-state index in [1.54, 1.807) is 0 Å². The highest BCUT2D eigenvalue weighted by Gasteiger charge is 2.34. The van der Waals surface area contributed by atoms with Crippen LogP contribution in [0.4, 0.5) is 5.00 Å². The van der Waals surface area contributed by atoms with Crippen molar-refractivity contribution in [3.63, 3.8) is 0 Å². The summed E-state index contributed by atoms with van der Waals surface area (Å²) in [5, 5.41) is 14.7. The van der Waals surface area contributed by atoms with Crippen LogP contribution in [0.2, 0.25) is 0 Å². The van der Waals surface area contributed by atoms with E-state index in [-0.39, 0.29) is 5.91 Å². The van der Waals surface area contributed by atoms with Crippen LogP contribution in [-0.4, -0.2) is 24.5 Å². The molecular weight excluding hydrogens is 354 g/mol. The third-order valence-corrected chi connectivity index (χ3v) is 6.41. The Kier molecular flexibility index (Phi) is 5.96. The molecule has 0 bridgehead atoms. The minimum absolute atomic E-state index is 0.330. The molecule has 0 aromatic carbocycles. The van der Waals surface area contributed by atoms with Crippen molar-refractivity contribution >= 4 is 34.2 Å². The Morgan fingerprint density at radius 3 is 2.58 bits per heavy atom. The molecule has 0 radical (unpaired) electrons. The number of hydrogen-bond donors (Lipinski definition) is 1. The number of hydrogen-bond acceptors (Lipinski definition) is 6. The van der Waals surface area contributed by atoms with Crippen LogP contribution in [0, 0.1) is 11.8 Å². The maximum Gasteiger partial charge on any atom is 0.341 e. The van der Waals surface area contributed by atoms with Gasteiger partial charge in [-0.05, 0) is 44.1 Å². The van der Waals surface area contributed by atoms with Crippen molar-refractivity contribution in [2.45, 2.75) is 58.3 Å². The number of carbonyl (C=O) groups excluding carboxylic acids is 3. The zero-order valence-corrected chi connectivity index (χ0v) is 15.8.